The second-order valence-corrected chi connectivity index (χ2v) is 6.93. The molecule has 0 saturated heterocycles. The SMILES string of the molecule is Cc1ncc(C(=O)NCc2ccc(NC(=O)OCc3ccc(Cl)cc3)cc2)cc1F. The van der Waals surface area contributed by atoms with Crippen molar-refractivity contribution in [2.45, 2.75) is 20.1 Å². The van der Waals surface area contributed by atoms with Crippen molar-refractivity contribution in [2.75, 3.05) is 5.32 Å². The predicted octanol–water partition coefficient (Wildman–Crippen LogP) is 4.86. The summed E-state index contributed by atoms with van der Waals surface area (Å²) < 4.78 is 18.7. The molecule has 0 atom stereocenters. The molecule has 2 aromatic carbocycles. The molecule has 0 unspecified atom stereocenters. The van der Waals surface area contributed by atoms with Crippen molar-refractivity contribution >= 4 is 29.3 Å². The number of amides is 2. The van der Waals surface area contributed by atoms with Gasteiger partial charge < -0.3 is 10.1 Å². The fourth-order valence-electron chi connectivity index (χ4n) is 2.50. The summed E-state index contributed by atoms with van der Waals surface area (Å²) in [6.45, 7) is 1.90. The van der Waals surface area contributed by atoms with Crippen molar-refractivity contribution in [1.29, 1.82) is 0 Å². The average Bonchev–Trinajstić information content (AvgIpc) is 2.74. The zero-order valence-corrected chi connectivity index (χ0v) is 16.9. The molecule has 3 aromatic rings. The molecule has 3 rings (SSSR count). The third-order valence-corrected chi connectivity index (χ3v) is 4.48. The quantitative estimate of drug-likeness (QED) is 0.588. The fourth-order valence-corrected chi connectivity index (χ4v) is 2.63. The van der Waals surface area contributed by atoms with Crippen molar-refractivity contribution in [1.82, 2.24) is 10.3 Å². The van der Waals surface area contributed by atoms with Gasteiger partial charge in [-0.05, 0) is 48.4 Å². The molecule has 0 aliphatic rings. The Labute approximate surface area is 178 Å². The lowest BCUT2D eigenvalue weighted by Gasteiger charge is -2.09. The summed E-state index contributed by atoms with van der Waals surface area (Å²) >= 11 is 5.82. The van der Waals surface area contributed by atoms with Crippen LogP contribution in [-0.4, -0.2) is 17.0 Å². The zero-order valence-electron chi connectivity index (χ0n) is 16.1. The molecule has 2 N–H and O–H groups in total. The lowest BCUT2D eigenvalue weighted by atomic mass is 10.2. The van der Waals surface area contributed by atoms with Gasteiger partial charge in [-0.3, -0.25) is 15.1 Å². The van der Waals surface area contributed by atoms with Crippen LogP contribution in [0.25, 0.3) is 0 Å². The van der Waals surface area contributed by atoms with E-state index < -0.39 is 17.8 Å². The number of aromatic nitrogens is 1. The molecule has 8 heteroatoms. The number of hydrogen-bond donors (Lipinski definition) is 2. The minimum absolute atomic E-state index is 0.127. The molecule has 30 heavy (non-hydrogen) atoms. The first kappa shape index (κ1) is 21.3. The van der Waals surface area contributed by atoms with E-state index in [2.05, 4.69) is 15.6 Å². The van der Waals surface area contributed by atoms with Gasteiger partial charge in [-0.15, -0.1) is 0 Å². The Balaban J connectivity index is 1.47. The summed E-state index contributed by atoms with van der Waals surface area (Å²) in [6, 6.07) is 15.0. The fraction of sp³-hybridized carbons (Fsp3) is 0.136. The van der Waals surface area contributed by atoms with E-state index in [9.17, 15) is 14.0 Å². The largest absolute Gasteiger partial charge is 0.444 e. The highest BCUT2D eigenvalue weighted by Gasteiger charge is 2.09. The number of aryl methyl sites for hydroxylation is 1. The van der Waals surface area contributed by atoms with E-state index in [0.29, 0.717) is 10.7 Å². The van der Waals surface area contributed by atoms with E-state index in [4.69, 9.17) is 16.3 Å². The first-order valence-corrected chi connectivity index (χ1v) is 9.46. The lowest BCUT2D eigenvalue weighted by Crippen LogP contribution is -2.23. The normalized spacial score (nSPS) is 10.4. The number of nitrogens with one attached hydrogen (secondary N) is 2. The smallest absolute Gasteiger partial charge is 0.411 e. The number of hydrogen-bond acceptors (Lipinski definition) is 4. The Morgan fingerprint density at radius 2 is 1.73 bits per heavy atom. The van der Waals surface area contributed by atoms with Crippen molar-refractivity contribution < 1.29 is 18.7 Å². The van der Waals surface area contributed by atoms with E-state index in [-0.39, 0.29) is 24.4 Å². The molecule has 154 valence electrons. The third-order valence-electron chi connectivity index (χ3n) is 4.22. The Morgan fingerprint density at radius 3 is 2.40 bits per heavy atom. The summed E-state index contributed by atoms with van der Waals surface area (Å²) in [5.74, 6) is -0.949. The first-order chi connectivity index (χ1) is 14.4. The van der Waals surface area contributed by atoms with Crippen molar-refractivity contribution in [2.24, 2.45) is 0 Å². The molecule has 0 fully saturated rings. The van der Waals surface area contributed by atoms with Gasteiger partial charge in [0.05, 0.1) is 11.3 Å². The molecular weight excluding hydrogens is 409 g/mol. The van der Waals surface area contributed by atoms with E-state index >= 15 is 0 Å². The topological polar surface area (TPSA) is 80.3 Å². The molecule has 0 aliphatic heterocycles. The van der Waals surface area contributed by atoms with Gasteiger partial charge in [0.25, 0.3) is 5.91 Å². The Bertz CT molecular complexity index is 1040. The standard InChI is InChI=1S/C22H19ClFN3O3/c1-14-20(24)10-17(12-25-14)21(28)26-11-15-4-8-19(9-5-15)27-22(29)30-13-16-2-6-18(23)7-3-16/h2-10,12H,11,13H2,1H3,(H,26,28)(H,27,29). The first-order valence-electron chi connectivity index (χ1n) is 9.08. The van der Waals surface area contributed by atoms with E-state index in [1.165, 1.54) is 13.1 Å². The van der Waals surface area contributed by atoms with Crippen LogP contribution in [0.4, 0.5) is 14.9 Å². The number of pyridine rings is 1. The van der Waals surface area contributed by atoms with E-state index in [0.717, 1.165) is 17.2 Å². The van der Waals surface area contributed by atoms with Gasteiger partial charge in [-0.1, -0.05) is 35.9 Å². The van der Waals surface area contributed by atoms with E-state index in [1.54, 1.807) is 48.5 Å². The molecule has 1 aromatic heterocycles. The van der Waals surface area contributed by atoms with Crippen LogP contribution in [0.1, 0.15) is 27.2 Å². The van der Waals surface area contributed by atoms with Crippen LogP contribution in [0.15, 0.2) is 60.8 Å². The highest BCUT2D eigenvalue weighted by Crippen LogP contribution is 2.13. The number of halogens is 2. The minimum atomic E-state index is -0.583. The summed E-state index contributed by atoms with van der Waals surface area (Å²) in [6.07, 6.45) is 0.746. The number of carbonyl (C=O) groups excluding carboxylic acids is 2. The van der Waals surface area contributed by atoms with E-state index in [1.807, 2.05) is 0 Å². The van der Waals surface area contributed by atoms with Gasteiger partial charge in [-0.2, -0.15) is 0 Å². The maximum absolute atomic E-state index is 13.5. The van der Waals surface area contributed by atoms with Crippen LogP contribution >= 0.6 is 11.6 Å². The summed E-state index contributed by atoms with van der Waals surface area (Å²) in [4.78, 5) is 27.8. The molecule has 2 amide bonds. The van der Waals surface area contributed by atoms with Crippen LogP contribution in [0.5, 0.6) is 0 Å². The van der Waals surface area contributed by atoms with Crippen LogP contribution in [0.3, 0.4) is 0 Å². The van der Waals surface area contributed by atoms with Crippen LogP contribution in [0.2, 0.25) is 5.02 Å². The number of rotatable bonds is 6. The number of benzene rings is 2. The van der Waals surface area contributed by atoms with Crippen LogP contribution in [0, 0.1) is 12.7 Å². The highest BCUT2D eigenvalue weighted by molar-refractivity contribution is 6.30. The minimum Gasteiger partial charge on any atom is -0.444 e. The molecule has 0 saturated carbocycles. The molecule has 0 aliphatic carbocycles. The summed E-state index contributed by atoms with van der Waals surface area (Å²) in [5.41, 5.74) is 2.57. The van der Waals surface area contributed by atoms with Crippen molar-refractivity contribution in [3.8, 4) is 0 Å². The van der Waals surface area contributed by atoms with Gasteiger partial charge in [0.15, 0.2) is 0 Å². The summed E-state index contributed by atoms with van der Waals surface area (Å²) in [5, 5.41) is 5.94. The number of ether oxygens (including phenoxy) is 1. The molecule has 6 nitrogen and oxygen atoms in total. The predicted molar refractivity (Wildman–Crippen MR) is 112 cm³/mol. The zero-order chi connectivity index (χ0) is 21.5. The molecule has 0 radical (unpaired) electrons. The Morgan fingerprint density at radius 1 is 1.07 bits per heavy atom. The van der Waals surface area contributed by atoms with Gasteiger partial charge in [0, 0.05) is 23.5 Å². The third kappa shape index (κ3) is 6.02. The molecule has 0 bridgehead atoms. The Hall–Kier alpha value is -3.45. The maximum Gasteiger partial charge on any atom is 0.411 e. The molecule has 0 spiro atoms. The van der Waals surface area contributed by atoms with Crippen molar-refractivity contribution in [3.05, 3.63) is 94.0 Å². The maximum atomic E-state index is 13.5. The highest BCUT2D eigenvalue weighted by atomic mass is 35.5. The van der Waals surface area contributed by atoms with Gasteiger partial charge in [0.2, 0.25) is 0 Å². The number of nitrogens with zero attached hydrogens (tertiary/aromatic N) is 1. The number of anilines is 1. The Kier molecular flexibility index (Phi) is 6.98. The van der Waals surface area contributed by atoms with Gasteiger partial charge >= 0.3 is 6.09 Å². The molecule has 1 heterocycles. The number of carbonyl (C=O) groups is 2. The van der Waals surface area contributed by atoms with Crippen LogP contribution < -0.4 is 10.6 Å². The van der Waals surface area contributed by atoms with Gasteiger partial charge in [-0.25, -0.2) is 9.18 Å². The van der Waals surface area contributed by atoms with Crippen LogP contribution in [-0.2, 0) is 17.9 Å². The summed E-state index contributed by atoms with van der Waals surface area (Å²) in [7, 11) is 0. The lowest BCUT2D eigenvalue weighted by molar-refractivity contribution is 0.0950. The monoisotopic (exact) mass is 427 g/mol. The average molecular weight is 428 g/mol. The second-order valence-electron chi connectivity index (χ2n) is 6.50. The second kappa shape index (κ2) is 9.84. The molecular formula is C22H19ClFN3O3. The van der Waals surface area contributed by atoms with Gasteiger partial charge in [0.1, 0.15) is 12.4 Å². The van der Waals surface area contributed by atoms with Crippen molar-refractivity contribution in [3.63, 3.8) is 0 Å².